The Hall–Kier alpha value is -2.11. The molecular formula is C38H54BClO6Si2. The molecule has 3 atom stereocenters. The van der Waals surface area contributed by atoms with Gasteiger partial charge in [0.2, 0.25) is 0 Å². The molecule has 48 heavy (non-hydrogen) atoms. The summed E-state index contributed by atoms with van der Waals surface area (Å²) in [4.78, 5) is 0. The van der Waals surface area contributed by atoms with Gasteiger partial charge in [0.15, 0.2) is 0 Å². The van der Waals surface area contributed by atoms with Crippen LogP contribution in [0.4, 0.5) is 0 Å². The first-order valence-corrected chi connectivity index (χ1v) is 22.2. The molecule has 3 aromatic carbocycles. The van der Waals surface area contributed by atoms with Gasteiger partial charge in [-0.2, -0.15) is 0 Å². The van der Waals surface area contributed by atoms with E-state index < -0.39 is 33.9 Å². The molecule has 0 saturated carbocycles. The third kappa shape index (κ3) is 7.93. The van der Waals surface area contributed by atoms with Gasteiger partial charge in [0.1, 0.15) is 31.1 Å². The van der Waals surface area contributed by atoms with Crippen molar-refractivity contribution in [1.82, 2.24) is 0 Å². The maximum absolute atomic E-state index is 7.47. The lowest BCUT2D eigenvalue weighted by Gasteiger charge is -2.47. The second kappa shape index (κ2) is 16.3. The number of methoxy groups -OCH3 is 2. The van der Waals surface area contributed by atoms with Gasteiger partial charge in [0, 0.05) is 6.00 Å². The molecule has 1 saturated heterocycles. The van der Waals surface area contributed by atoms with Crippen LogP contribution in [0.2, 0.25) is 22.2 Å². The van der Waals surface area contributed by atoms with Crippen LogP contribution in [0.1, 0.15) is 78.5 Å². The molecule has 0 N–H and O–H groups in total. The summed E-state index contributed by atoms with van der Waals surface area (Å²) < 4.78 is 39.2. The maximum atomic E-state index is 7.47. The lowest BCUT2D eigenvalue weighted by Crippen LogP contribution is -2.59. The summed E-state index contributed by atoms with van der Waals surface area (Å²) in [5.41, 5.74) is 2.62. The molecule has 0 aromatic heterocycles. The van der Waals surface area contributed by atoms with Crippen LogP contribution in [0.15, 0.2) is 78.9 Å². The van der Waals surface area contributed by atoms with Gasteiger partial charge in [-0.3, -0.25) is 0 Å². The Morgan fingerprint density at radius 3 is 1.60 bits per heavy atom. The molecule has 1 aliphatic heterocycles. The molecular weight excluding hydrogens is 655 g/mol. The average molecular weight is 709 g/mol. The first-order chi connectivity index (χ1) is 22.7. The molecule has 0 spiro atoms. The van der Waals surface area contributed by atoms with Crippen molar-refractivity contribution >= 4 is 35.1 Å². The second-order valence-corrected chi connectivity index (χ2v) is 24.3. The van der Waals surface area contributed by atoms with Gasteiger partial charge in [0.25, 0.3) is 7.63 Å². The van der Waals surface area contributed by atoms with E-state index in [0.29, 0.717) is 6.42 Å². The summed E-state index contributed by atoms with van der Waals surface area (Å²) in [7, 11) is 4.24. The molecule has 3 aromatic rings. The average Bonchev–Trinajstić information content (AvgIpc) is 3.43. The van der Waals surface area contributed by atoms with Gasteiger partial charge in [-0.25, -0.2) is 0 Å². The lowest BCUT2D eigenvalue weighted by atomic mass is 9.80. The zero-order valence-corrected chi connectivity index (χ0v) is 33.1. The van der Waals surface area contributed by atoms with E-state index >= 15 is 0 Å². The number of benzene rings is 3. The zero-order valence-electron chi connectivity index (χ0n) is 30.4. The van der Waals surface area contributed by atoms with Crippen LogP contribution in [-0.2, 0) is 23.6 Å². The predicted molar refractivity (Wildman–Crippen MR) is 201 cm³/mol. The highest BCUT2D eigenvalue weighted by Gasteiger charge is 2.56. The van der Waals surface area contributed by atoms with Crippen LogP contribution in [0, 0.1) is 0 Å². The number of hydrogen-bond donors (Lipinski definition) is 0. The summed E-state index contributed by atoms with van der Waals surface area (Å²) in [6, 6.07) is 25.8. The molecule has 0 bridgehead atoms. The van der Waals surface area contributed by atoms with Crippen LogP contribution in [0.3, 0.4) is 0 Å². The van der Waals surface area contributed by atoms with Crippen LogP contribution < -0.4 is 9.47 Å². The van der Waals surface area contributed by atoms with Crippen molar-refractivity contribution in [3.8, 4) is 11.5 Å². The first kappa shape index (κ1) is 38.7. The molecule has 2 radical (unpaired) electrons. The number of rotatable bonds is 16. The maximum Gasteiger partial charge on any atom is 0.334 e. The Morgan fingerprint density at radius 1 is 0.729 bits per heavy atom. The standard InChI is InChI=1S/C38H54BClO6Si2/c1-26(2)47(40,27(3)4)46-48(28(5)6,29(7)8)45-35-24-37(39)44-36(35)25-43-38(30-14-12-11-13-15-30,31-16-20-33(41-9)21-17-31)32-18-22-34(42-10)23-19-32/h11-23,26-29,35-37H,24-25H2,1-10H3/t35-,36-,37-/m1/s1. The number of halogens is 1. The Balaban J connectivity index is 1.78. The third-order valence-corrected chi connectivity index (χ3v) is 22.6. The molecule has 1 fully saturated rings. The largest absolute Gasteiger partial charge is 0.497 e. The Morgan fingerprint density at radius 2 is 1.19 bits per heavy atom. The summed E-state index contributed by atoms with van der Waals surface area (Å²) in [6.45, 7) is 17.7. The molecule has 6 nitrogen and oxygen atoms in total. The van der Waals surface area contributed by atoms with Crippen molar-refractivity contribution in [2.75, 3.05) is 20.8 Å². The Kier molecular flexibility index (Phi) is 13.1. The third-order valence-electron chi connectivity index (χ3n) is 9.70. The molecule has 260 valence electrons. The van der Waals surface area contributed by atoms with Crippen molar-refractivity contribution in [3.05, 3.63) is 95.6 Å². The SMILES string of the molecule is [B][C@H]1C[C@@H](O[Si](O[Si](Cl)(C(C)C)C(C)C)(C(C)C)C(C)C)[C@@H](COC(c2ccccc2)(c2ccc(OC)cc2)c2ccc(OC)cc2)O1. The quantitative estimate of drug-likeness (QED) is 0.0840. The van der Waals surface area contributed by atoms with Gasteiger partial charge < -0.3 is 27.5 Å². The van der Waals surface area contributed by atoms with Gasteiger partial charge >= 0.3 is 8.56 Å². The zero-order chi connectivity index (χ0) is 35.3. The van der Waals surface area contributed by atoms with Gasteiger partial charge in [0.05, 0.1) is 26.9 Å². The van der Waals surface area contributed by atoms with Crippen LogP contribution in [0.5, 0.6) is 11.5 Å². The van der Waals surface area contributed by atoms with Gasteiger partial charge in [-0.05, 0) is 69.5 Å². The van der Waals surface area contributed by atoms with E-state index in [1.807, 2.05) is 42.5 Å². The van der Waals surface area contributed by atoms with Crippen molar-refractivity contribution in [2.45, 2.75) is 108 Å². The monoisotopic (exact) mass is 708 g/mol. The minimum atomic E-state index is -2.92. The molecule has 0 aliphatic carbocycles. The summed E-state index contributed by atoms with van der Waals surface area (Å²) in [6.07, 6.45) is -0.224. The predicted octanol–water partition coefficient (Wildman–Crippen LogP) is 9.46. The van der Waals surface area contributed by atoms with E-state index in [1.54, 1.807) is 14.2 Å². The fraction of sp³-hybridized carbons (Fsp3) is 0.526. The number of ether oxygens (including phenoxy) is 4. The normalized spacial score (nSPS) is 19.1. The lowest BCUT2D eigenvalue weighted by molar-refractivity contribution is -0.0739. The second-order valence-electron chi connectivity index (χ2n) is 14.1. The fourth-order valence-corrected chi connectivity index (χ4v) is 17.8. The van der Waals surface area contributed by atoms with E-state index in [1.165, 1.54) is 0 Å². The summed E-state index contributed by atoms with van der Waals surface area (Å²) >= 11 is 7.47. The molecule has 10 heteroatoms. The van der Waals surface area contributed by atoms with E-state index in [4.69, 9.17) is 46.4 Å². The highest BCUT2D eigenvalue weighted by atomic mass is 35.6. The molecule has 0 unspecified atom stereocenters. The molecule has 0 amide bonds. The van der Waals surface area contributed by atoms with Crippen LogP contribution in [-0.4, -0.2) is 63.1 Å². The van der Waals surface area contributed by atoms with E-state index in [0.717, 1.165) is 28.2 Å². The molecule has 1 heterocycles. The van der Waals surface area contributed by atoms with Crippen molar-refractivity contribution < 1.29 is 27.5 Å². The van der Waals surface area contributed by atoms with E-state index in [9.17, 15) is 0 Å². The Labute approximate surface area is 297 Å². The molecule has 1 aliphatic rings. The van der Waals surface area contributed by atoms with Crippen LogP contribution >= 0.6 is 11.1 Å². The van der Waals surface area contributed by atoms with Gasteiger partial charge in [-0.1, -0.05) is 110 Å². The minimum absolute atomic E-state index is 0.154. The topological polar surface area (TPSA) is 55.4 Å². The van der Waals surface area contributed by atoms with Crippen molar-refractivity contribution in [2.24, 2.45) is 0 Å². The highest BCUT2D eigenvalue weighted by molar-refractivity contribution is 7.20. The van der Waals surface area contributed by atoms with Crippen molar-refractivity contribution in [3.63, 3.8) is 0 Å². The van der Waals surface area contributed by atoms with E-state index in [2.05, 4.69) is 91.8 Å². The Bertz CT molecular complexity index is 1360. The number of hydrogen-bond acceptors (Lipinski definition) is 6. The fourth-order valence-electron chi connectivity index (χ4n) is 6.88. The first-order valence-electron chi connectivity index (χ1n) is 17.2. The summed E-state index contributed by atoms with van der Waals surface area (Å²) in [5, 5.41) is 0. The van der Waals surface area contributed by atoms with E-state index in [-0.39, 0.29) is 34.9 Å². The van der Waals surface area contributed by atoms with Crippen LogP contribution in [0.25, 0.3) is 0 Å². The summed E-state index contributed by atoms with van der Waals surface area (Å²) in [5.74, 6) is 1.53. The van der Waals surface area contributed by atoms with Gasteiger partial charge in [-0.15, -0.1) is 11.1 Å². The molecule has 4 rings (SSSR count). The smallest absolute Gasteiger partial charge is 0.334 e. The minimum Gasteiger partial charge on any atom is -0.497 e. The highest BCUT2D eigenvalue weighted by Crippen LogP contribution is 2.47. The van der Waals surface area contributed by atoms with Crippen molar-refractivity contribution in [1.29, 1.82) is 0 Å².